The van der Waals surface area contributed by atoms with E-state index < -0.39 is 0 Å². The van der Waals surface area contributed by atoms with E-state index in [0.717, 1.165) is 27.6 Å². The third-order valence-corrected chi connectivity index (χ3v) is 8.03. The van der Waals surface area contributed by atoms with Crippen molar-refractivity contribution >= 4 is 59.9 Å². The third-order valence-electron chi connectivity index (χ3n) is 8.03. The van der Waals surface area contributed by atoms with Crippen molar-refractivity contribution in [3.05, 3.63) is 127 Å². The van der Waals surface area contributed by atoms with Crippen molar-refractivity contribution in [2.24, 2.45) is 0 Å². The molecular formula is C37H25NO. The number of furan rings is 1. The summed E-state index contributed by atoms with van der Waals surface area (Å²) in [6, 6.07) is 45.9. The second kappa shape index (κ2) is 8.47. The van der Waals surface area contributed by atoms with Crippen LogP contribution in [0.2, 0.25) is 0 Å². The average molecular weight is 500 g/mol. The number of hydrogen-bond donors (Lipinski definition) is 1. The van der Waals surface area contributed by atoms with Gasteiger partial charge in [0.2, 0.25) is 0 Å². The van der Waals surface area contributed by atoms with Crippen LogP contribution in [0.1, 0.15) is 0 Å². The molecule has 0 amide bonds. The van der Waals surface area contributed by atoms with E-state index in [0.29, 0.717) is 0 Å². The summed E-state index contributed by atoms with van der Waals surface area (Å²) in [7, 11) is 1.94. The molecule has 184 valence electrons. The highest BCUT2D eigenvalue weighted by atomic mass is 16.3. The van der Waals surface area contributed by atoms with Gasteiger partial charge < -0.3 is 9.73 Å². The van der Waals surface area contributed by atoms with Crippen LogP contribution in [0.3, 0.4) is 0 Å². The van der Waals surface area contributed by atoms with E-state index >= 15 is 0 Å². The minimum atomic E-state index is 0.905. The van der Waals surface area contributed by atoms with E-state index in [9.17, 15) is 0 Å². The van der Waals surface area contributed by atoms with Crippen molar-refractivity contribution in [1.82, 2.24) is 0 Å². The van der Waals surface area contributed by atoms with Gasteiger partial charge in [0, 0.05) is 35.0 Å². The molecule has 2 nitrogen and oxygen atoms in total. The molecular weight excluding hydrogens is 474 g/mol. The molecule has 0 saturated carbocycles. The minimum Gasteiger partial charge on any atom is -0.455 e. The fourth-order valence-corrected chi connectivity index (χ4v) is 6.01. The SMILES string of the molecule is CNc1ccc2c(c1)oc1c3ccc(-c4ccc(-c5ccc6ccccc6c5)cc4)cc3c3ccccc3c21. The molecule has 39 heavy (non-hydrogen) atoms. The van der Waals surface area contributed by atoms with Gasteiger partial charge in [-0.15, -0.1) is 0 Å². The Morgan fingerprint density at radius 2 is 1.10 bits per heavy atom. The lowest BCUT2D eigenvalue weighted by Gasteiger charge is -2.10. The minimum absolute atomic E-state index is 0.905. The zero-order valence-electron chi connectivity index (χ0n) is 21.5. The normalized spacial score (nSPS) is 11.7. The monoisotopic (exact) mass is 499 g/mol. The smallest absolute Gasteiger partial charge is 0.143 e. The summed E-state index contributed by atoms with van der Waals surface area (Å²) in [5.41, 5.74) is 7.76. The van der Waals surface area contributed by atoms with Crippen molar-refractivity contribution in [3.8, 4) is 22.3 Å². The molecule has 1 N–H and O–H groups in total. The summed E-state index contributed by atoms with van der Waals surface area (Å²) in [4.78, 5) is 0. The van der Waals surface area contributed by atoms with Gasteiger partial charge in [-0.2, -0.15) is 0 Å². The van der Waals surface area contributed by atoms with Gasteiger partial charge in [0.1, 0.15) is 11.2 Å². The van der Waals surface area contributed by atoms with Crippen LogP contribution in [0, 0.1) is 0 Å². The first-order valence-electron chi connectivity index (χ1n) is 13.3. The predicted octanol–water partition coefficient (Wildman–Crippen LogP) is 10.4. The zero-order chi connectivity index (χ0) is 25.9. The number of hydrogen-bond acceptors (Lipinski definition) is 2. The number of benzene rings is 7. The van der Waals surface area contributed by atoms with E-state index in [4.69, 9.17) is 4.42 Å². The number of fused-ring (bicyclic) bond motifs is 9. The summed E-state index contributed by atoms with van der Waals surface area (Å²) < 4.78 is 6.52. The van der Waals surface area contributed by atoms with Gasteiger partial charge in [-0.1, -0.05) is 91.0 Å². The Morgan fingerprint density at radius 1 is 0.462 bits per heavy atom. The van der Waals surface area contributed by atoms with E-state index in [2.05, 4.69) is 133 Å². The maximum atomic E-state index is 6.52. The van der Waals surface area contributed by atoms with Crippen LogP contribution in [0.4, 0.5) is 5.69 Å². The van der Waals surface area contributed by atoms with Crippen LogP contribution in [0.15, 0.2) is 132 Å². The Balaban J connectivity index is 1.28. The van der Waals surface area contributed by atoms with Gasteiger partial charge in [0.25, 0.3) is 0 Å². The van der Waals surface area contributed by atoms with Crippen LogP contribution in [-0.2, 0) is 0 Å². The molecule has 0 aliphatic carbocycles. The van der Waals surface area contributed by atoms with Crippen LogP contribution in [0.5, 0.6) is 0 Å². The van der Waals surface area contributed by atoms with Gasteiger partial charge in [-0.05, 0) is 79.5 Å². The zero-order valence-corrected chi connectivity index (χ0v) is 21.5. The second-order valence-corrected chi connectivity index (χ2v) is 10.2. The van der Waals surface area contributed by atoms with E-state index in [-0.39, 0.29) is 0 Å². The Labute approximate surface area is 226 Å². The Morgan fingerprint density at radius 3 is 1.90 bits per heavy atom. The van der Waals surface area contributed by atoms with E-state index in [1.54, 1.807) is 0 Å². The molecule has 0 aliphatic rings. The van der Waals surface area contributed by atoms with E-state index in [1.807, 2.05) is 7.05 Å². The Kier molecular flexibility index (Phi) is 4.77. The lowest BCUT2D eigenvalue weighted by Crippen LogP contribution is -1.85. The highest BCUT2D eigenvalue weighted by molar-refractivity contribution is 6.30. The molecule has 7 aromatic carbocycles. The largest absolute Gasteiger partial charge is 0.455 e. The standard InChI is InChI=1S/C37H25NO/c1-38-29-17-19-33-35(22-29)39-37-32-18-16-28(21-34(32)30-8-4-5-9-31(30)36(33)37)25-12-10-24(11-13-25)27-15-14-23-6-2-3-7-26(23)20-27/h2-22,38H,1H3. The maximum absolute atomic E-state index is 6.52. The molecule has 1 aromatic heterocycles. The fourth-order valence-electron chi connectivity index (χ4n) is 6.01. The first-order valence-corrected chi connectivity index (χ1v) is 13.3. The first kappa shape index (κ1) is 22.0. The van der Waals surface area contributed by atoms with Crippen molar-refractivity contribution in [1.29, 1.82) is 0 Å². The first-order chi connectivity index (χ1) is 19.3. The van der Waals surface area contributed by atoms with Crippen molar-refractivity contribution < 1.29 is 4.42 Å². The lowest BCUT2D eigenvalue weighted by atomic mass is 9.93. The predicted molar refractivity (Wildman–Crippen MR) is 167 cm³/mol. The summed E-state index contributed by atoms with van der Waals surface area (Å²) in [5.74, 6) is 0. The highest BCUT2D eigenvalue weighted by Crippen LogP contribution is 2.42. The molecule has 0 saturated heterocycles. The van der Waals surface area contributed by atoms with Gasteiger partial charge in [-0.3, -0.25) is 0 Å². The van der Waals surface area contributed by atoms with Crippen molar-refractivity contribution in [2.75, 3.05) is 12.4 Å². The molecule has 1 heterocycles. The fraction of sp³-hybridized carbons (Fsp3) is 0.0270. The van der Waals surface area contributed by atoms with Crippen LogP contribution in [0.25, 0.3) is 76.5 Å². The molecule has 8 rings (SSSR count). The third kappa shape index (κ3) is 3.42. The Hall–Kier alpha value is -5.08. The average Bonchev–Trinajstić information content (AvgIpc) is 3.40. The maximum Gasteiger partial charge on any atom is 0.143 e. The summed E-state index contributed by atoms with van der Waals surface area (Å²) in [5, 5.41) is 12.9. The molecule has 2 heteroatoms. The second-order valence-electron chi connectivity index (χ2n) is 10.2. The quantitative estimate of drug-likeness (QED) is 0.245. The van der Waals surface area contributed by atoms with Gasteiger partial charge >= 0.3 is 0 Å². The van der Waals surface area contributed by atoms with Crippen molar-refractivity contribution in [3.63, 3.8) is 0 Å². The van der Waals surface area contributed by atoms with Gasteiger partial charge in [0.05, 0.1) is 0 Å². The number of anilines is 1. The molecule has 0 unspecified atom stereocenters. The summed E-state index contributed by atoms with van der Waals surface area (Å²) in [6.45, 7) is 0. The summed E-state index contributed by atoms with van der Waals surface area (Å²) >= 11 is 0. The Bertz CT molecular complexity index is 2200. The molecule has 8 aromatic rings. The van der Waals surface area contributed by atoms with E-state index in [1.165, 1.54) is 54.6 Å². The molecule has 0 spiro atoms. The lowest BCUT2D eigenvalue weighted by molar-refractivity contribution is 0.673. The van der Waals surface area contributed by atoms with Crippen LogP contribution < -0.4 is 5.32 Å². The van der Waals surface area contributed by atoms with Crippen LogP contribution in [-0.4, -0.2) is 7.05 Å². The molecule has 0 aliphatic heterocycles. The number of nitrogens with one attached hydrogen (secondary N) is 1. The molecule has 0 radical (unpaired) electrons. The number of rotatable bonds is 3. The highest BCUT2D eigenvalue weighted by Gasteiger charge is 2.16. The summed E-state index contributed by atoms with van der Waals surface area (Å²) in [6.07, 6.45) is 0. The van der Waals surface area contributed by atoms with Crippen LogP contribution >= 0.6 is 0 Å². The van der Waals surface area contributed by atoms with Gasteiger partial charge in [0.15, 0.2) is 0 Å². The molecule has 0 atom stereocenters. The van der Waals surface area contributed by atoms with Crippen molar-refractivity contribution in [2.45, 2.75) is 0 Å². The van der Waals surface area contributed by atoms with Gasteiger partial charge in [-0.25, -0.2) is 0 Å². The molecule has 0 bridgehead atoms. The molecule has 0 fully saturated rings. The topological polar surface area (TPSA) is 25.2 Å².